The van der Waals surface area contributed by atoms with Gasteiger partial charge in [-0.3, -0.25) is 4.79 Å². The summed E-state index contributed by atoms with van der Waals surface area (Å²) in [6.07, 6.45) is 9.54. The van der Waals surface area contributed by atoms with Crippen LogP contribution in [0.5, 0.6) is 0 Å². The molecule has 0 atom stereocenters. The molecule has 2 fully saturated rings. The van der Waals surface area contributed by atoms with Gasteiger partial charge in [0.1, 0.15) is 0 Å². The first kappa shape index (κ1) is 10.9. The molecule has 2 rings (SSSR count). The Morgan fingerprint density at radius 2 is 1.60 bits per heavy atom. The van der Waals surface area contributed by atoms with E-state index >= 15 is 0 Å². The lowest BCUT2D eigenvalue weighted by Crippen LogP contribution is -3.18. The van der Waals surface area contributed by atoms with Crippen LogP contribution in [0.2, 0.25) is 0 Å². The fourth-order valence-electron chi connectivity index (χ4n) is 3.01. The van der Waals surface area contributed by atoms with Crippen molar-refractivity contribution in [3.05, 3.63) is 0 Å². The number of nitrogens with one attached hydrogen (secondary N) is 1. The van der Waals surface area contributed by atoms with E-state index in [-0.39, 0.29) is 0 Å². The summed E-state index contributed by atoms with van der Waals surface area (Å²) in [5, 5.41) is 0. The molecule has 0 aromatic carbocycles. The SMILES string of the molecule is O=CN1CC[NH+](C2CCCCCC2)CC1. The number of piperazine rings is 1. The molecule has 0 aromatic rings. The molecular formula is C12H23N2O+. The second-order valence-corrected chi connectivity index (χ2v) is 4.99. The van der Waals surface area contributed by atoms with Crippen LogP contribution in [0.25, 0.3) is 0 Å². The molecule has 2 aliphatic rings. The van der Waals surface area contributed by atoms with Gasteiger partial charge in [-0.15, -0.1) is 0 Å². The molecule has 0 bridgehead atoms. The minimum Gasteiger partial charge on any atom is -0.334 e. The number of carbonyl (C=O) groups excluding carboxylic acids is 1. The number of carbonyl (C=O) groups is 1. The van der Waals surface area contributed by atoms with E-state index in [1.807, 2.05) is 4.90 Å². The van der Waals surface area contributed by atoms with E-state index in [9.17, 15) is 4.79 Å². The summed E-state index contributed by atoms with van der Waals surface area (Å²) in [6.45, 7) is 4.28. The van der Waals surface area contributed by atoms with Crippen molar-refractivity contribution in [2.75, 3.05) is 26.2 Å². The van der Waals surface area contributed by atoms with Gasteiger partial charge in [0.25, 0.3) is 0 Å². The highest BCUT2D eigenvalue weighted by Crippen LogP contribution is 2.15. The molecular weight excluding hydrogens is 188 g/mol. The predicted molar refractivity (Wildman–Crippen MR) is 59.8 cm³/mol. The van der Waals surface area contributed by atoms with Crippen LogP contribution in [0.1, 0.15) is 38.5 Å². The molecule has 1 heterocycles. The van der Waals surface area contributed by atoms with Gasteiger partial charge in [0.2, 0.25) is 6.41 Å². The molecule has 1 aliphatic heterocycles. The third kappa shape index (κ3) is 2.94. The largest absolute Gasteiger partial charge is 0.334 e. The molecule has 86 valence electrons. The maximum atomic E-state index is 10.6. The smallest absolute Gasteiger partial charge is 0.210 e. The lowest BCUT2D eigenvalue weighted by Gasteiger charge is -2.34. The van der Waals surface area contributed by atoms with E-state index in [1.54, 1.807) is 4.90 Å². The fraction of sp³-hybridized carbons (Fsp3) is 0.917. The van der Waals surface area contributed by atoms with E-state index in [1.165, 1.54) is 51.6 Å². The molecule has 3 nitrogen and oxygen atoms in total. The summed E-state index contributed by atoms with van der Waals surface area (Å²) < 4.78 is 0. The number of amides is 1. The molecule has 0 spiro atoms. The quantitative estimate of drug-likeness (QED) is 0.507. The molecule has 1 saturated heterocycles. The Bertz CT molecular complexity index is 192. The van der Waals surface area contributed by atoms with Crippen molar-refractivity contribution in [3.8, 4) is 0 Å². The zero-order valence-electron chi connectivity index (χ0n) is 9.58. The summed E-state index contributed by atoms with van der Waals surface area (Å²) in [5.41, 5.74) is 0. The molecule has 0 radical (unpaired) electrons. The standard InChI is InChI=1S/C12H22N2O/c15-11-13-7-9-14(10-8-13)12-5-3-1-2-4-6-12/h11-12H,1-10H2/p+1. The van der Waals surface area contributed by atoms with Crippen molar-refractivity contribution in [2.24, 2.45) is 0 Å². The van der Waals surface area contributed by atoms with E-state index in [4.69, 9.17) is 0 Å². The average Bonchev–Trinajstić information content (AvgIpc) is 2.58. The van der Waals surface area contributed by atoms with Gasteiger partial charge in [0.15, 0.2) is 0 Å². The van der Waals surface area contributed by atoms with Crippen LogP contribution < -0.4 is 4.90 Å². The molecule has 3 heteroatoms. The van der Waals surface area contributed by atoms with Crippen molar-refractivity contribution in [2.45, 2.75) is 44.6 Å². The molecule has 1 amide bonds. The Kier molecular flexibility index (Phi) is 4.01. The van der Waals surface area contributed by atoms with Crippen LogP contribution in [0.4, 0.5) is 0 Å². The summed E-state index contributed by atoms with van der Waals surface area (Å²) in [7, 11) is 0. The van der Waals surface area contributed by atoms with Crippen LogP contribution in [0, 0.1) is 0 Å². The Morgan fingerprint density at radius 3 is 2.13 bits per heavy atom. The average molecular weight is 211 g/mol. The maximum absolute atomic E-state index is 10.6. The number of rotatable bonds is 2. The Balaban J connectivity index is 1.80. The third-order valence-electron chi connectivity index (χ3n) is 4.02. The number of hydrogen-bond acceptors (Lipinski definition) is 1. The molecule has 0 unspecified atom stereocenters. The van der Waals surface area contributed by atoms with Gasteiger partial charge in [0.05, 0.1) is 32.2 Å². The molecule has 1 saturated carbocycles. The van der Waals surface area contributed by atoms with E-state index in [2.05, 4.69) is 0 Å². The van der Waals surface area contributed by atoms with Gasteiger partial charge < -0.3 is 9.80 Å². The summed E-state index contributed by atoms with van der Waals surface area (Å²) in [5.74, 6) is 0. The van der Waals surface area contributed by atoms with Gasteiger partial charge >= 0.3 is 0 Å². The Morgan fingerprint density at radius 1 is 1.00 bits per heavy atom. The van der Waals surface area contributed by atoms with Gasteiger partial charge in [0, 0.05) is 0 Å². The van der Waals surface area contributed by atoms with Crippen molar-refractivity contribution < 1.29 is 9.69 Å². The van der Waals surface area contributed by atoms with Gasteiger partial charge in [-0.1, -0.05) is 12.8 Å². The number of nitrogens with zero attached hydrogens (tertiary/aromatic N) is 1. The highest BCUT2D eigenvalue weighted by atomic mass is 16.1. The summed E-state index contributed by atoms with van der Waals surface area (Å²) in [4.78, 5) is 14.3. The summed E-state index contributed by atoms with van der Waals surface area (Å²) in [6, 6.07) is 0.890. The van der Waals surface area contributed by atoms with Crippen LogP contribution in [0.3, 0.4) is 0 Å². The minimum atomic E-state index is 0.890. The zero-order chi connectivity index (χ0) is 10.5. The van der Waals surface area contributed by atoms with Crippen LogP contribution >= 0.6 is 0 Å². The van der Waals surface area contributed by atoms with E-state index < -0.39 is 0 Å². The molecule has 1 N–H and O–H groups in total. The van der Waals surface area contributed by atoms with E-state index in [0.29, 0.717) is 0 Å². The monoisotopic (exact) mass is 211 g/mol. The first-order chi connectivity index (χ1) is 7.40. The summed E-state index contributed by atoms with van der Waals surface area (Å²) >= 11 is 0. The maximum Gasteiger partial charge on any atom is 0.210 e. The second kappa shape index (κ2) is 5.50. The van der Waals surface area contributed by atoms with Crippen molar-refractivity contribution in [1.29, 1.82) is 0 Å². The van der Waals surface area contributed by atoms with Crippen molar-refractivity contribution in [3.63, 3.8) is 0 Å². The van der Waals surface area contributed by atoms with Crippen LogP contribution in [-0.4, -0.2) is 43.5 Å². The first-order valence-corrected chi connectivity index (χ1v) is 6.44. The Hall–Kier alpha value is -0.570. The molecule has 0 aromatic heterocycles. The highest BCUT2D eigenvalue weighted by Gasteiger charge is 2.26. The zero-order valence-corrected chi connectivity index (χ0v) is 9.58. The van der Waals surface area contributed by atoms with Gasteiger partial charge in [-0.05, 0) is 25.7 Å². The first-order valence-electron chi connectivity index (χ1n) is 6.44. The fourth-order valence-corrected chi connectivity index (χ4v) is 3.01. The molecule has 15 heavy (non-hydrogen) atoms. The predicted octanol–water partition coefficient (Wildman–Crippen LogP) is 0.0661. The topological polar surface area (TPSA) is 24.8 Å². The van der Waals surface area contributed by atoms with E-state index in [0.717, 1.165) is 25.5 Å². The minimum absolute atomic E-state index is 0.890. The van der Waals surface area contributed by atoms with Crippen molar-refractivity contribution in [1.82, 2.24) is 4.90 Å². The van der Waals surface area contributed by atoms with Gasteiger partial charge in [-0.25, -0.2) is 0 Å². The molecule has 1 aliphatic carbocycles. The van der Waals surface area contributed by atoms with Gasteiger partial charge in [-0.2, -0.15) is 0 Å². The lowest BCUT2D eigenvalue weighted by atomic mass is 10.1. The number of quaternary nitrogens is 1. The van der Waals surface area contributed by atoms with Crippen LogP contribution in [0.15, 0.2) is 0 Å². The normalized spacial score (nSPS) is 26.3. The van der Waals surface area contributed by atoms with Crippen LogP contribution in [-0.2, 0) is 4.79 Å². The highest BCUT2D eigenvalue weighted by molar-refractivity contribution is 5.46. The third-order valence-corrected chi connectivity index (χ3v) is 4.02. The number of hydrogen-bond donors (Lipinski definition) is 1. The second-order valence-electron chi connectivity index (χ2n) is 4.99. The lowest BCUT2D eigenvalue weighted by molar-refractivity contribution is -0.929. The Labute approximate surface area is 92.4 Å². The van der Waals surface area contributed by atoms with Crippen molar-refractivity contribution >= 4 is 6.41 Å².